The van der Waals surface area contributed by atoms with Gasteiger partial charge < -0.3 is 14.2 Å². The monoisotopic (exact) mass is 385 g/mol. The van der Waals surface area contributed by atoms with Crippen molar-refractivity contribution in [2.45, 2.75) is 25.6 Å². The molecule has 0 fully saturated rings. The summed E-state index contributed by atoms with van der Waals surface area (Å²) in [6.45, 7) is 1.81. The van der Waals surface area contributed by atoms with Gasteiger partial charge in [-0.05, 0) is 36.8 Å². The van der Waals surface area contributed by atoms with Crippen molar-refractivity contribution in [1.82, 2.24) is 0 Å². The average molecular weight is 386 g/mol. The maximum atomic E-state index is 12.7. The molecule has 0 radical (unpaired) electrons. The Kier molecular flexibility index (Phi) is 6.22. The Balaban J connectivity index is 2.24. The smallest absolute Gasteiger partial charge is 0.416 e. The lowest BCUT2D eigenvalue weighted by Gasteiger charge is -2.15. The van der Waals surface area contributed by atoms with Gasteiger partial charge in [0.15, 0.2) is 17.6 Å². The van der Waals surface area contributed by atoms with Gasteiger partial charge in [-0.1, -0.05) is 18.5 Å². The molecule has 2 aromatic rings. The molecular weight excluding hydrogens is 371 g/mol. The van der Waals surface area contributed by atoms with Crippen LogP contribution in [0.3, 0.4) is 0 Å². The third kappa shape index (κ3) is 4.73. The van der Waals surface area contributed by atoms with Gasteiger partial charge in [0.25, 0.3) is 0 Å². The summed E-state index contributed by atoms with van der Waals surface area (Å²) in [4.78, 5) is 0. The Bertz CT molecular complexity index is 818. The molecule has 0 amide bonds. The summed E-state index contributed by atoms with van der Waals surface area (Å²) in [6.07, 6.45) is -4.61. The highest BCUT2D eigenvalue weighted by molar-refractivity contribution is 6.32. The first-order valence-corrected chi connectivity index (χ1v) is 7.95. The molecule has 0 aliphatic rings. The minimum absolute atomic E-state index is 0.0684. The molecule has 1 atom stereocenters. The van der Waals surface area contributed by atoms with Gasteiger partial charge in [-0.15, -0.1) is 0 Å². The second kappa shape index (κ2) is 8.19. The van der Waals surface area contributed by atoms with E-state index in [-0.39, 0.29) is 10.8 Å². The minimum atomic E-state index is -4.49. The predicted molar refractivity (Wildman–Crippen MR) is 89.8 cm³/mol. The molecule has 26 heavy (non-hydrogen) atoms. The lowest BCUT2D eigenvalue weighted by Crippen LogP contribution is -2.12. The summed E-state index contributed by atoms with van der Waals surface area (Å²) in [5.41, 5.74) is -0.863. The molecular formula is C18H15ClF3NO3. The van der Waals surface area contributed by atoms with Crippen LogP contribution in [0.4, 0.5) is 13.2 Å². The van der Waals surface area contributed by atoms with Crippen molar-refractivity contribution >= 4 is 11.6 Å². The van der Waals surface area contributed by atoms with Crippen LogP contribution in [-0.4, -0.2) is 13.2 Å². The highest BCUT2D eigenvalue weighted by Crippen LogP contribution is 2.38. The molecule has 0 saturated heterocycles. The van der Waals surface area contributed by atoms with Crippen molar-refractivity contribution in [3.63, 3.8) is 0 Å². The summed E-state index contributed by atoms with van der Waals surface area (Å²) >= 11 is 5.88. The van der Waals surface area contributed by atoms with E-state index in [4.69, 9.17) is 31.1 Å². The van der Waals surface area contributed by atoms with Crippen molar-refractivity contribution in [3.8, 4) is 29.1 Å². The number of ether oxygens (including phenoxy) is 3. The van der Waals surface area contributed by atoms with Crippen LogP contribution in [-0.2, 0) is 6.18 Å². The summed E-state index contributed by atoms with van der Waals surface area (Å²) in [6, 6.07) is 9.41. The van der Waals surface area contributed by atoms with Gasteiger partial charge in [0, 0.05) is 6.07 Å². The van der Waals surface area contributed by atoms with E-state index < -0.39 is 17.8 Å². The quantitative estimate of drug-likeness (QED) is 0.626. The van der Waals surface area contributed by atoms with Crippen LogP contribution in [0.1, 0.15) is 18.9 Å². The number of nitrogens with zero attached hydrogens (tertiary/aromatic N) is 1. The lowest BCUT2D eigenvalue weighted by molar-refractivity contribution is -0.137. The number of benzene rings is 2. The van der Waals surface area contributed by atoms with E-state index in [1.807, 2.05) is 13.0 Å². The van der Waals surface area contributed by atoms with E-state index in [9.17, 15) is 13.2 Å². The molecule has 0 aliphatic heterocycles. The zero-order valence-electron chi connectivity index (χ0n) is 13.9. The van der Waals surface area contributed by atoms with Gasteiger partial charge in [0.2, 0.25) is 0 Å². The molecule has 0 heterocycles. The second-order valence-electron chi connectivity index (χ2n) is 5.20. The average Bonchev–Trinajstić information content (AvgIpc) is 2.61. The summed E-state index contributed by atoms with van der Waals surface area (Å²) < 4.78 is 54.3. The molecule has 0 bridgehead atoms. The van der Waals surface area contributed by atoms with Crippen LogP contribution in [0.5, 0.6) is 23.0 Å². The number of rotatable bonds is 6. The molecule has 2 aromatic carbocycles. The molecule has 2 rings (SSSR count). The molecule has 0 saturated carbocycles. The third-order valence-corrected chi connectivity index (χ3v) is 3.70. The summed E-state index contributed by atoms with van der Waals surface area (Å²) in [5, 5.41) is 8.80. The van der Waals surface area contributed by atoms with Crippen LogP contribution in [0.2, 0.25) is 5.02 Å². The number of methoxy groups -OCH3 is 1. The van der Waals surface area contributed by atoms with Crippen LogP contribution < -0.4 is 14.2 Å². The van der Waals surface area contributed by atoms with E-state index in [1.165, 1.54) is 19.2 Å². The first kappa shape index (κ1) is 19.7. The normalized spacial score (nSPS) is 12.2. The fourth-order valence-corrected chi connectivity index (χ4v) is 2.27. The van der Waals surface area contributed by atoms with Crippen molar-refractivity contribution in [2.75, 3.05) is 7.11 Å². The van der Waals surface area contributed by atoms with Gasteiger partial charge in [-0.2, -0.15) is 18.4 Å². The molecule has 4 nitrogen and oxygen atoms in total. The molecule has 0 N–H and O–H groups in total. The van der Waals surface area contributed by atoms with Crippen LogP contribution >= 0.6 is 11.6 Å². The van der Waals surface area contributed by atoms with Crippen molar-refractivity contribution in [1.29, 1.82) is 5.26 Å². The largest absolute Gasteiger partial charge is 0.493 e. The SMILES string of the molecule is CCC(C#N)Oc1ccc(Oc2ccc(C(F)(F)F)cc2Cl)cc1OC. The van der Waals surface area contributed by atoms with Gasteiger partial charge in [0.1, 0.15) is 17.6 Å². The van der Waals surface area contributed by atoms with Crippen molar-refractivity contribution in [3.05, 3.63) is 47.0 Å². The van der Waals surface area contributed by atoms with E-state index in [2.05, 4.69) is 0 Å². The Morgan fingerprint density at radius 1 is 1.12 bits per heavy atom. The molecule has 0 spiro atoms. The van der Waals surface area contributed by atoms with E-state index in [0.717, 1.165) is 18.2 Å². The Hall–Kier alpha value is -2.59. The Morgan fingerprint density at radius 2 is 1.81 bits per heavy atom. The second-order valence-corrected chi connectivity index (χ2v) is 5.61. The molecule has 0 aliphatic carbocycles. The minimum Gasteiger partial charge on any atom is -0.493 e. The van der Waals surface area contributed by atoms with Crippen molar-refractivity contribution < 1.29 is 27.4 Å². The molecule has 1 unspecified atom stereocenters. The Labute approximate surface area is 153 Å². The third-order valence-electron chi connectivity index (χ3n) is 3.41. The fourth-order valence-electron chi connectivity index (χ4n) is 2.05. The van der Waals surface area contributed by atoms with Gasteiger partial charge >= 0.3 is 6.18 Å². The molecule has 0 aromatic heterocycles. The maximum absolute atomic E-state index is 12.7. The van der Waals surface area contributed by atoms with Crippen LogP contribution in [0.25, 0.3) is 0 Å². The highest BCUT2D eigenvalue weighted by atomic mass is 35.5. The highest BCUT2D eigenvalue weighted by Gasteiger charge is 2.31. The van der Waals surface area contributed by atoms with Crippen LogP contribution in [0.15, 0.2) is 36.4 Å². The maximum Gasteiger partial charge on any atom is 0.416 e. The number of nitriles is 1. The zero-order valence-corrected chi connectivity index (χ0v) is 14.7. The summed E-state index contributed by atoms with van der Waals surface area (Å²) in [7, 11) is 1.42. The van der Waals surface area contributed by atoms with Gasteiger partial charge in [0.05, 0.1) is 17.7 Å². The predicted octanol–water partition coefficient (Wildman–Crippen LogP) is 5.84. The van der Waals surface area contributed by atoms with Crippen molar-refractivity contribution in [2.24, 2.45) is 0 Å². The topological polar surface area (TPSA) is 51.5 Å². The standard InChI is InChI=1S/C18H15ClF3NO3/c1-3-12(10-23)25-16-7-5-13(9-17(16)24-2)26-15-6-4-11(8-14(15)19)18(20,21)22/h4-9,12H,3H2,1-2H3. The lowest BCUT2D eigenvalue weighted by atomic mass is 10.2. The first-order valence-electron chi connectivity index (χ1n) is 7.57. The van der Waals surface area contributed by atoms with Crippen LogP contribution in [0, 0.1) is 11.3 Å². The molecule has 8 heteroatoms. The Morgan fingerprint density at radius 3 is 2.35 bits per heavy atom. The van der Waals surface area contributed by atoms with E-state index >= 15 is 0 Å². The number of hydrogen-bond acceptors (Lipinski definition) is 4. The van der Waals surface area contributed by atoms with E-state index in [0.29, 0.717) is 23.7 Å². The van der Waals surface area contributed by atoms with Gasteiger partial charge in [-0.3, -0.25) is 0 Å². The molecule has 138 valence electrons. The summed E-state index contributed by atoms with van der Waals surface area (Å²) in [5.74, 6) is 1.03. The van der Waals surface area contributed by atoms with E-state index in [1.54, 1.807) is 6.07 Å². The number of hydrogen-bond donors (Lipinski definition) is 0. The number of alkyl halides is 3. The number of halogens is 4. The fraction of sp³-hybridized carbons (Fsp3) is 0.278. The zero-order chi connectivity index (χ0) is 19.3. The van der Waals surface area contributed by atoms with Gasteiger partial charge in [-0.25, -0.2) is 0 Å². The first-order chi connectivity index (χ1) is 12.3.